The molecule has 0 aliphatic carbocycles. The molecule has 0 saturated carbocycles. The number of para-hydroxylation sites is 1. The van der Waals surface area contributed by atoms with Crippen molar-refractivity contribution >= 4 is 34.5 Å². The lowest BCUT2D eigenvalue weighted by molar-refractivity contribution is 0.0691. The highest BCUT2D eigenvalue weighted by atomic mass is 32.2. The van der Waals surface area contributed by atoms with Crippen LogP contribution in [0.25, 0.3) is 10.9 Å². The van der Waals surface area contributed by atoms with Gasteiger partial charge in [-0.2, -0.15) is 0 Å². The maximum absolute atomic E-state index is 13.2. The number of carbonyl (C=O) groups is 1. The van der Waals surface area contributed by atoms with E-state index in [4.69, 9.17) is 5.11 Å². The molecule has 0 atom stereocenters. The van der Waals surface area contributed by atoms with Crippen molar-refractivity contribution < 1.29 is 18.7 Å². The zero-order valence-electron chi connectivity index (χ0n) is 11.6. The molecule has 0 spiro atoms. The fraction of sp³-hybridized carbons (Fsp3) is 0. The van der Waals surface area contributed by atoms with Gasteiger partial charge in [0.05, 0.1) is 11.2 Å². The number of carboxylic acid groups (broad SMARTS) is 1. The minimum absolute atomic E-state index is 0.0754. The molecular formula is C16H10F2N2O2S. The van der Waals surface area contributed by atoms with Crippen molar-refractivity contribution in [2.75, 3.05) is 4.72 Å². The quantitative estimate of drug-likeness (QED) is 0.696. The maximum atomic E-state index is 13.2. The first kappa shape index (κ1) is 15.2. The molecule has 0 radical (unpaired) electrons. The lowest BCUT2D eigenvalue weighted by Gasteiger charge is -2.09. The second kappa shape index (κ2) is 6.21. The molecule has 23 heavy (non-hydrogen) atoms. The van der Waals surface area contributed by atoms with Crippen LogP contribution in [-0.4, -0.2) is 16.1 Å². The van der Waals surface area contributed by atoms with Gasteiger partial charge in [0.25, 0.3) is 0 Å². The SMILES string of the molecule is O=C(O)c1ccc2cccc(NSc3cc(F)cc(F)c3)c2n1. The Morgan fingerprint density at radius 1 is 1.09 bits per heavy atom. The Kier molecular flexibility index (Phi) is 4.12. The van der Waals surface area contributed by atoms with Gasteiger partial charge in [0.2, 0.25) is 0 Å². The van der Waals surface area contributed by atoms with Crippen LogP contribution in [-0.2, 0) is 0 Å². The molecule has 3 rings (SSSR count). The first-order valence-electron chi connectivity index (χ1n) is 6.55. The lowest BCUT2D eigenvalue weighted by atomic mass is 10.2. The van der Waals surface area contributed by atoms with Crippen LogP contribution >= 0.6 is 11.9 Å². The molecule has 0 fully saturated rings. The first-order valence-corrected chi connectivity index (χ1v) is 7.36. The normalized spacial score (nSPS) is 10.7. The fourth-order valence-corrected chi connectivity index (χ4v) is 2.79. The minimum atomic E-state index is -1.12. The van der Waals surface area contributed by atoms with E-state index in [-0.39, 0.29) is 5.69 Å². The van der Waals surface area contributed by atoms with Crippen LogP contribution in [0.1, 0.15) is 10.5 Å². The molecule has 0 saturated heterocycles. The molecule has 0 aliphatic rings. The summed E-state index contributed by atoms with van der Waals surface area (Å²) in [7, 11) is 0. The second-order valence-electron chi connectivity index (χ2n) is 4.69. The Labute approximate surface area is 134 Å². The van der Waals surface area contributed by atoms with Crippen molar-refractivity contribution in [3.63, 3.8) is 0 Å². The summed E-state index contributed by atoms with van der Waals surface area (Å²) < 4.78 is 29.3. The van der Waals surface area contributed by atoms with E-state index in [2.05, 4.69) is 9.71 Å². The number of nitrogens with one attached hydrogen (secondary N) is 1. The van der Waals surface area contributed by atoms with Gasteiger partial charge in [-0.15, -0.1) is 0 Å². The van der Waals surface area contributed by atoms with E-state index in [1.54, 1.807) is 24.3 Å². The number of aromatic nitrogens is 1. The summed E-state index contributed by atoms with van der Waals surface area (Å²) in [5.41, 5.74) is 0.950. The minimum Gasteiger partial charge on any atom is -0.477 e. The number of pyridine rings is 1. The average Bonchev–Trinajstić information content (AvgIpc) is 2.51. The van der Waals surface area contributed by atoms with E-state index >= 15 is 0 Å². The fourth-order valence-electron chi connectivity index (χ4n) is 2.05. The highest BCUT2D eigenvalue weighted by molar-refractivity contribution is 8.00. The third kappa shape index (κ3) is 3.40. The molecule has 7 heteroatoms. The number of anilines is 1. The Bertz CT molecular complexity index is 882. The summed E-state index contributed by atoms with van der Waals surface area (Å²) in [5, 5.41) is 9.79. The smallest absolute Gasteiger partial charge is 0.354 e. The zero-order valence-corrected chi connectivity index (χ0v) is 12.4. The van der Waals surface area contributed by atoms with E-state index in [0.29, 0.717) is 16.1 Å². The van der Waals surface area contributed by atoms with E-state index in [9.17, 15) is 13.6 Å². The molecule has 0 aliphatic heterocycles. The summed E-state index contributed by atoms with van der Waals surface area (Å²) in [6.45, 7) is 0. The zero-order chi connectivity index (χ0) is 16.4. The van der Waals surface area contributed by atoms with Crippen molar-refractivity contribution in [3.05, 3.63) is 65.9 Å². The van der Waals surface area contributed by atoms with Gasteiger partial charge in [-0.1, -0.05) is 18.2 Å². The van der Waals surface area contributed by atoms with Crippen LogP contribution in [0.5, 0.6) is 0 Å². The number of halogens is 2. The highest BCUT2D eigenvalue weighted by Crippen LogP contribution is 2.28. The van der Waals surface area contributed by atoms with Gasteiger partial charge in [-0.3, -0.25) is 0 Å². The highest BCUT2D eigenvalue weighted by Gasteiger charge is 2.09. The van der Waals surface area contributed by atoms with Gasteiger partial charge < -0.3 is 9.83 Å². The van der Waals surface area contributed by atoms with Gasteiger partial charge in [0.15, 0.2) is 0 Å². The number of hydrogen-bond acceptors (Lipinski definition) is 4. The molecule has 0 amide bonds. The van der Waals surface area contributed by atoms with Crippen molar-refractivity contribution in [1.82, 2.24) is 4.98 Å². The van der Waals surface area contributed by atoms with E-state index in [1.165, 1.54) is 18.2 Å². The summed E-state index contributed by atoms with van der Waals surface area (Å²) in [4.78, 5) is 15.5. The maximum Gasteiger partial charge on any atom is 0.354 e. The molecule has 2 aromatic carbocycles. The molecular weight excluding hydrogens is 322 g/mol. The largest absolute Gasteiger partial charge is 0.477 e. The number of benzene rings is 2. The standard InChI is InChI=1S/C16H10F2N2O2S/c17-10-6-11(18)8-12(7-10)23-20-13-3-1-2-9-4-5-14(16(21)22)19-15(9)13/h1-8,20H,(H,21,22). The average molecular weight is 332 g/mol. The monoisotopic (exact) mass is 332 g/mol. The Balaban J connectivity index is 1.93. The molecule has 116 valence electrons. The molecule has 1 aromatic heterocycles. The number of hydrogen-bond donors (Lipinski definition) is 2. The Hall–Kier alpha value is -2.67. The van der Waals surface area contributed by atoms with E-state index in [1.807, 2.05) is 0 Å². The van der Waals surface area contributed by atoms with Crippen molar-refractivity contribution in [1.29, 1.82) is 0 Å². The van der Waals surface area contributed by atoms with E-state index < -0.39 is 17.6 Å². The summed E-state index contributed by atoms with van der Waals surface area (Å²) in [6, 6.07) is 11.6. The Morgan fingerprint density at radius 3 is 2.52 bits per heavy atom. The third-order valence-corrected chi connectivity index (χ3v) is 3.85. The predicted molar refractivity (Wildman–Crippen MR) is 84.5 cm³/mol. The summed E-state index contributed by atoms with van der Waals surface area (Å²) in [5.74, 6) is -2.46. The van der Waals surface area contributed by atoms with Gasteiger partial charge in [0, 0.05) is 16.3 Å². The topological polar surface area (TPSA) is 62.2 Å². The lowest BCUT2D eigenvalue weighted by Crippen LogP contribution is -2.01. The van der Waals surface area contributed by atoms with Crippen LogP contribution in [0.4, 0.5) is 14.5 Å². The van der Waals surface area contributed by atoms with Crippen molar-refractivity contribution in [2.24, 2.45) is 0 Å². The van der Waals surface area contributed by atoms with Crippen molar-refractivity contribution in [3.8, 4) is 0 Å². The van der Waals surface area contributed by atoms with Gasteiger partial charge in [-0.05, 0) is 36.2 Å². The van der Waals surface area contributed by atoms with E-state index in [0.717, 1.165) is 23.4 Å². The number of fused-ring (bicyclic) bond motifs is 1. The number of nitrogens with zero attached hydrogens (tertiary/aromatic N) is 1. The summed E-state index contributed by atoms with van der Waals surface area (Å²) >= 11 is 1.01. The van der Waals surface area contributed by atoms with Crippen LogP contribution in [0.15, 0.2) is 53.4 Å². The number of carboxylic acids is 1. The molecule has 0 unspecified atom stereocenters. The van der Waals surface area contributed by atoms with Crippen LogP contribution < -0.4 is 4.72 Å². The molecule has 3 aromatic rings. The van der Waals surface area contributed by atoms with Gasteiger partial charge >= 0.3 is 5.97 Å². The first-order chi connectivity index (χ1) is 11.0. The number of rotatable bonds is 4. The van der Waals surface area contributed by atoms with Crippen molar-refractivity contribution in [2.45, 2.75) is 4.90 Å². The van der Waals surface area contributed by atoms with Gasteiger partial charge in [-0.25, -0.2) is 18.6 Å². The molecule has 4 nitrogen and oxygen atoms in total. The third-order valence-electron chi connectivity index (χ3n) is 3.05. The van der Waals surface area contributed by atoms with Crippen LogP contribution in [0.3, 0.4) is 0 Å². The molecule has 0 bridgehead atoms. The van der Waals surface area contributed by atoms with Gasteiger partial charge in [0.1, 0.15) is 17.3 Å². The molecule has 1 heterocycles. The second-order valence-corrected chi connectivity index (χ2v) is 5.57. The van der Waals surface area contributed by atoms with Crippen LogP contribution in [0, 0.1) is 11.6 Å². The Morgan fingerprint density at radius 2 is 1.83 bits per heavy atom. The molecule has 2 N–H and O–H groups in total. The predicted octanol–water partition coefficient (Wildman–Crippen LogP) is 4.33. The summed E-state index contributed by atoms with van der Waals surface area (Å²) in [6.07, 6.45) is 0. The number of aromatic carboxylic acids is 1. The van der Waals surface area contributed by atoms with Crippen LogP contribution in [0.2, 0.25) is 0 Å².